The number of hydrogen-bond donors (Lipinski definition) is 1. The van der Waals surface area contributed by atoms with Crippen LogP contribution in [0.5, 0.6) is 0 Å². The van der Waals surface area contributed by atoms with Crippen molar-refractivity contribution >= 4 is 17.7 Å². The van der Waals surface area contributed by atoms with Crippen molar-refractivity contribution in [3.63, 3.8) is 0 Å². The van der Waals surface area contributed by atoms with Gasteiger partial charge in [0.05, 0.1) is 6.33 Å². The van der Waals surface area contributed by atoms with Gasteiger partial charge < -0.3 is 9.88 Å². The molecule has 124 valence electrons. The second-order valence-electron chi connectivity index (χ2n) is 6.20. The van der Waals surface area contributed by atoms with Gasteiger partial charge in [-0.25, -0.2) is 4.98 Å². The van der Waals surface area contributed by atoms with Gasteiger partial charge in [0.2, 0.25) is 0 Å². The van der Waals surface area contributed by atoms with Crippen LogP contribution >= 0.6 is 0 Å². The number of amides is 1. The van der Waals surface area contributed by atoms with Gasteiger partial charge in [-0.3, -0.25) is 4.79 Å². The Balaban J connectivity index is 1.56. The van der Waals surface area contributed by atoms with E-state index < -0.39 is 0 Å². The maximum absolute atomic E-state index is 12.7. The molecule has 0 spiro atoms. The van der Waals surface area contributed by atoms with Gasteiger partial charge in [0.15, 0.2) is 0 Å². The van der Waals surface area contributed by atoms with Crippen molar-refractivity contribution in [1.29, 1.82) is 0 Å². The molecule has 3 aromatic rings. The Labute approximate surface area is 146 Å². The number of imidazole rings is 1. The Morgan fingerprint density at radius 1 is 1.08 bits per heavy atom. The van der Waals surface area contributed by atoms with Gasteiger partial charge in [-0.15, -0.1) is 0 Å². The highest BCUT2D eigenvalue weighted by Gasteiger charge is 2.14. The lowest BCUT2D eigenvalue weighted by Crippen LogP contribution is -2.14. The largest absolute Gasteiger partial charge is 0.322 e. The fourth-order valence-electron chi connectivity index (χ4n) is 3.18. The highest BCUT2D eigenvalue weighted by atomic mass is 16.1. The smallest absolute Gasteiger partial charge is 0.251 e. The minimum Gasteiger partial charge on any atom is -0.322 e. The van der Waals surface area contributed by atoms with Crippen molar-refractivity contribution in [2.45, 2.75) is 19.3 Å². The Morgan fingerprint density at radius 3 is 2.88 bits per heavy atom. The average molecular weight is 329 g/mol. The van der Waals surface area contributed by atoms with Crippen molar-refractivity contribution < 1.29 is 4.79 Å². The fourth-order valence-corrected chi connectivity index (χ4v) is 3.18. The molecule has 1 amide bonds. The van der Waals surface area contributed by atoms with Crippen LogP contribution in [0.15, 0.2) is 72.8 Å². The minimum absolute atomic E-state index is 0.0283. The van der Waals surface area contributed by atoms with E-state index in [1.165, 1.54) is 5.56 Å². The Morgan fingerprint density at radius 2 is 2.00 bits per heavy atom. The summed E-state index contributed by atoms with van der Waals surface area (Å²) in [6.07, 6.45) is 10.2. The van der Waals surface area contributed by atoms with Crippen molar-refractivity contribution in [3.05, 3.63) is 84.0 Å². The summed E-state index contributed by atoms with van der Waals surface area (Å²) < 4.78 is 1.91. The van der Waals surface area contributed by atoms with Crippen LogP contribution in [0.4, 0.5) is 5.69 Å². The number of carbonyl (C=O) groups excluding carboxylic acids is 1. The van der Waals surface area contributed by atoms with Gasteiger partial charge in [0, 0.05) is 29.3 Å². The Kier molecular flexibility index (Phi) is 4.17. The second kappa shape index (κ2) is 6.77. The number of rotatable bonds is 3. The average Bonchev–Trinajstić information content (AvgIpc) is 3.08. The van der Waals surface area contributed by atoms with Crippen LogP contribution < -0.4 is 5.32 Å². The molecule has 0 fully saturated rings. The topological polar surface area (TPSA) is 46.9 Å². The number of nitrogens with zero attached hydrogens (tertiary/aromatic N) is 2. The number of fused-ring (bicyclic) bond motifs is 1. The van der Waals surface area contributed by atoms with E-state index in [0.717, 1.165) is 41.8 Å². The SMILES string of the molecule is O=C(Nc1cccc(-n2ccnc2)c1)C1=Cc2ccccc2CCC1. The molecular formula is C21H19N3O. The first-order chi connectivity index (χ1) is 12.3. The molecule has 0 saturated heterocycles. The number of carbonyl (C=O) groups is 1. The van der Waals surface area contributed by atoms with E-state index in [0.29, 0.717) is 0 Å². The van der Waals surface area contributed by atoms with Gasteiger partial charge in [-0.2, -0.15) is 0 Å². The van der Waals surface area contributed by atoms with Crippen molar-refractivity contribution in [2.24, 2.45) is 0 Å². The van der Waals surface area contributed by atoms with Crippen LogP contribution in [-0.2, 0) is 11.2 Å². The minimum atomic E-state index is -0.0283. The van der Waals surface area contributed by atoms with E-state index in [4.69, 9.17) is 0 Å². The molecule has 0 unspecified atom stereocenters. The summed E-state index contributed by atoms with van der Waals surface area (Å²) in [7, 11) is 0. The number of benzene rings is 2. The Hall–Kier alpha value is -3.14. The van der Waals surface area contributed by atoms with E-state index in [2.05, 4.69) is 28.5 Å². The molecule has 0 atom stereocenters. The highest BCUT2D eigenvalue weighted by Crippen LogP contribution is 2.24. The summed E-state index contributed by atoms with van der Waals surface area (Å²) >= 11 is 0. The van der Waals surface area contributed by atoms with Gasteiger partial charge in [-0.05, 0) is 54.7 Å². The first-order valence-corrected chi connectivity index (χ1v) is 8.48. The molecule has 1 N–H and O–H groups in total. The molecule has 0 radical (unpaired) electrons. The van der Waals surface area contributed by atoms with Crippen LogP contribution in [-0.4, -0.2) is 15.5 Å². The third-order valence-electron chi connectivity index (χ3n) is 4.48. The normalized spacial score (nSPS) is 13.5. The maximum Gasteiger partial charge on any atom is 0.251 e. The lowest BCUT2D eigenvalue weighted by atomic mass is 10.1. The lowest BCUT2D eigenvalue weighted by molar-refractivity contribution is -0.112. The molecule has 1 aromatic heterocycles. The molecule has 1 heterocycles. The number of aromatic nitrogens is 2. The van der Waals surface area contributed by atoms with Gasteiger partial charge in [0.25, 0.3) is 5.91 Å². The first-order valence-electron chi connectivity index (χ1n) is 8.48. The monoisotopic (exact) mass is 329 g/mol. The van der Waals surface area contributed by atoms with Crippen molar-refractivity contribution in [3.8, 4) is 5.69 Å². The number of nitrogens with one attached hydrogen (secondary N) is 1. The molecule has 1 aliphatic carbocycles. The third-order valence-corrected chi connectivity index (χ3v) is 4.48. The maximum atomic E-state index is 12.7. The predicted molar refractivity (Wildman–Crippen MR) is 99.6 cm³/mol. The molecule has 25 heavy (non-hydrogen) atoms. The number of hydrogen-bond acceptors (Lipinski definition) is 2. The highest BCUT2D eigenvalue weighted by molar-refractivity contribution is 6.07. The van der Waals surface area contributed by atoms with E-state index >= 15 is 0 Å². The van der Waals surface area contributed by atoms with Crippen LogP contribution in [0.25, 0.3) is 11.8 Å². The zero-order valence-corrected chi connectivity index (χ0v) is 13.9. The molecule has 1 aliphatic rings. The number of aryl methyl sites for hydroxylation is 1. The quantitative estimate of drug-likeness (QED) is 0.781. The molecule has 0 aliphatic heterocycles. The first kappa shape index (κ1) is 15.4. The molecule has 0 bridgehead atoms. The summed E-state index contributed by atoms with van der Waals surface area (Å²) in [4.78, 5) is 16.8. The van der Waals surface area contributed by atoms with Crippen LogP contribution in [0.2, 0.25) is 0 Å². The molecule has 0 saturated carbocycles. The van der Waals surface area contributed by atoms with Gasteiger partial charge in [0.1, 0.15) is 0 Å². The van der Waals surface area contributed by atoms with E-state index in [9.17, 15) is 4.79 Å². The predicted octanol–water partition coefficient (Wildman–Crippen LogP) is 4.23. The van der Waals surface area contributed by atoms with Crippen molar-refractivity contribution in [1.82, 2.24) is 9.55 Å². The molecule has 2 aromatic carbocycles. The Bertz CT molecular complexity index is 926. The van der Waals surface area contributed by atoms with Gasteiger partial charge in [-0.1, -0.05) is 30.3 Å². The molecular weight excluding hydrogens is 310 g/mol. The van der Waals surface area contributed by atoms with E-state index in [1.807, 2.05) is 47.2 Å². The summed E-state index contributed by atoms with van der Waals surface area (Å²) in [5, 5.41) is 3.03. The van der Waals surface area contributed by atoms with Gasteiger partial charge >= 0.3 is 0 Å². The fraction of sp³-hybridized carbons (Fsp3) is 0.143. The second-order valence-corrected chi connectivity index (χ2v) is 6.20. The zero-order chi connectivity index (χ0) is 17.1. The standard InChI is InChI=1S/C21H19N3O/c25-21(18-8-3-7-16-5-1-2-6-17(16)13-18)23-19-9-4-10-20(14-19)24-12-11-22-15-24/h1-2,4-6,9-15H,3,7-8H2,(H,23,25). The molecule has 4 heteroatoms. The van der Waals surface area contributed by atoms with E-state index in [-0.39, 0.29) is 5.91 Å². The summed E-state index contributed by atoms with van der Waals surface area (Å²) in [6.45, 7) is 0. The summed E-state index contributed by atoms with van der Waals surface area (Å²) in [5.74, 6) is -0.0283. The molecule has 4 rings (SSSR count). The van der Waals surface area contributed by atoms with Crippen LogP contribution in [0, 0.1) is 0 Å². The summed E-state index contributed by atoms with van der Waals surface area (Å²) in [5.41, 5.74) is 5.05. The lowest BCUT2D eigenvalue weighted by Gasteiger charge is -2.10. The van der Waals surface area contributed by atoms with Crippen molar-refractivity contribution in [2.75, 3.05) is 5.32 Å². The van der Waals surface area contributed by atoms with Crippen LogP contribution in [0.3, 0.4) is 0 Å². The zero-order valence-electron chi connectivity index (χ0n) is 13.9. The summed E-state index contributed by atoms with van der Waals surface area (Å²) in [6, 6.07) is 16.1. The molecule has 4 nitrogen and oxygen atoms in total. The number of anilines is 1. The van der Waals surface area contributed by atoms with Crippen LogP contribution in [0.1, 0.15) is 24.0 Å². The van der Waals surface area contributed by atoms with E-state index in [1.54, 1.807) is 12.5 Å². The third kappa shape index (κ3) is 3.38.